The minimum Gasteiger partial charge on any atom is -0.257 e. The molecule has 1 rings (SSSR count). The van der Waals surface area contributed by atoms with Crippen molar-refractivity contribution in [3.05, 3.63) is 12.8 Å². The Labute approximate surface area is 49.7 Å². The zero-order valence-electron chi connectivity index (χ0n) is 5.17. The molecular formula is C6H11N2+. The maximum atomic E-state index is 4.08. The van der Waals surface area contributed by atoms with Gasteiger partial charge in [-0.25, -0.2) is 4.99 Å². The molecule has 0 amide bonds. The molecule has 1 heterocycles. The van der Waals surface area contributed by atoms with Crippen molar-refractivity contribution >= 4 is 6.34 Å². The zero-order chi connectivity index (χ0) is 6.04. The van der Waals surface area contributed by atoms with Gasteiger partial charge in [0.15, 0.2) is 6.34 Å². The first-order valence-corrected chi connectivity index (χ1v) is 2.76. The minimum absolute atomic E-state index is 0.792. The Bertz CT molecular complexity index is 128. The van der Waals surface area contributed by atoms with Crippen molar-refractivity contribution in [2.24, 2.45) is 4.99 Å². The largest absolute Gasteiger partial charge is 0.257 e. The maximum absolute atomic E-state index is 4.08. The van der Waals surface area contributed by atoms with Crippen LogP contribution >= 0.6 is 0 Å². The molecule has 1 aliphatic heterocycles. The van der Waals surface area contributed by atoms with E-state index < -0.39 is 0 Å². The zero-order valence-corrected chi connectivity index (χ0v) is 5.17. The number of likely N-dealkylation sites (N-methyl/N-ethyl adjacent to an activating group) is 1. The van der Waals surface area contributed by atoms with Crippen LogP contribution in [-0.4, -0.2) is 31.0 Å². The Balaban J connectivity index is 2.67. The van der Waals surface area contributed by atoms with Crippen molar-refractivity contribution in [3.63, 3.8) is 0 Å². The Morgan fingerprint density at radius 2 is 2.62 bits per heavy atom. The van der Waals surface area contributed by atoms with E-state index in [0.717, 1.165) is 17.6 Å². The van der Waals surface area contributed by atoms with Crippen LogP contribution in [0.1, 0.15) is 0 Å². The smallest absolute Gasteiger partial charge is 0.189 e. The van der Waals surface area contributed by atoms with Crippen LogP contribution in [0.5, 0.6) is 0 Å². The maximum Gasteiger partial charge on any atom is 0.189 e. The molecule has 2 heteroatoms. The van der Waals surface area contributed by atoms with E-state index in [4.69, 9.17) is 0 Å². The molecule has 1 unspecified atom stereocenters. The molecule has 0 saturated heterocycles. The highest BCUT2D eigenvalue weighted by molar-refractivity contribution is 5.48. The highest BCUT2D eigenvalue weighted by Crippen LogP contribution is 2.03. The number of hydrogen-bond donors (Lipinski definition) is 0. The molecule has 0 bridgehead atoms. The lowest BCUT2D eigenvalue weighted by atomic mass is 10.5. The molecule has 0 fully saturated rings. The second-order valence-corrected chi connectivity index (χ2v) is 2.27. The van der Waals surface area contributed by atoms with Gasteiger partial charge in [-0.2, -0.15) is 0 Å². The molecule has 0 aliphatic carbocycles. The molecule has 0 spiro atoms. The van der Waals surface area contributed by atoms with E-state index in [-0.39, 0.29) is 0 Å². The van der Waals surface area contributed by atoms with Crippen molar-refractivity contribution in [1.29, 1.82) is 0 Å². The van der Waals surface area contributed by atoms with E-state index in [1.54, 1.807) is 0 Å². The van der Waals surface area contributed by atoms with Crippen LogP contribution in [-0.2, 0) is 0 Å². The van der Waals surface area contributed by atoms with Crippen molar-refractivity contribution < 1.29 is 4.48 Å². The lowest BCUT2D eigenvalue weighted by molar-refractivity contribution is -0.750. The molecule has 0 aromatic rings. The molecule has 0 saturated carbocycles. The summed E-state index contributed by atoms with van der Waals surface area (Å²) >= 11 is 0. The summed E-state index contributed by atoms with van der Waals surface area (Å²) in [6.45, 7) is 5.72. The first-order chi connectivity index (χ1) is 3.77. The highest BCUT2D eigenvalue weighted by atomic mass is 15.4. The van der Waals surface area contributed by atoms with Gasteiger partial charge in [-0.05, 0) is 6.58 Å². The van der Waals surface area contributed by atoms with Gasteiger partial charge < -0.3 is 0 Å². The topological polar surface area (TPSA) is 12.4 Å². The number of hydrogen-bond acceptors (Lipinski definition) is 1. The Morgan fingerprint density at radius 1 is 1.88 bits per heavy atom. The van der Waals surface area contributed by atoms with Crippen LogP contribution in [0.15, 0.2) is 17.8 Å². The van der Waals surface area contributed by atoms with Crippen molar-refractivity contribution in [2.45, 2.75) is 0 Å². The van der Waals surface area contributed by atoms with Crippen molar-refractivity contribution in [2.75, 3.05) is 20.1 Å². The third kappa shape index (κ3) is 0.793. The fourth-order valence-corrected chi connectivity index (χ4v) is 0.714. The summed E-state index contributed by atoms with van der Waals surface area (Å²) in [5.74, 6) is 0. The lowest BCUT2D eigenvalue weighted by Gasteiger charge is -2.17. The number of nitrogens with zero attached hydrogens (tertiary/aromatic N) is 2. The highest BCUT2D eigenvalue weighted by Gasteiger charge is 2.18. The summed E-state index contributed by atoms with van der Waals surface area (Å²) in [6.07, 6.45) is 3.82. The average Bonchev–Trinajstić information content (AvgIpc) is 2.17. The summed E-state index contributed by atoms with van der Waals surface area (Å²) in [5.41, 5.74) is 0. The molecular weight excluding hydrogens is 100 g/mol. The first-order valence-electron chi connectivity index (χ1n) is 2.76. The van der Waals surface area contributed by atoms with Gasteiger partial charge in [0, 0.05) is 0 Å². The second-order valence-electron chi connectivity index (χ2n) is 2.27. The summed E-state index contributed by atoms with van der Waals surface area (Å²) in [5, 5.41) is 0. The molecule has 0 N–H and O–H groups in total. The lowest BCUT2D eigenvalue weighted by Crippen LogP contribution is -2.33. The van der Waals surface area contributed by atoms with Crippen LogP contribution in [0.4, 0.5) is 0 Å². The average molecular weight is 111 g/mol. The molecule has 44 valence electrons. The summed E-state index contributed by atoms with van der Waals surface area (Å²) in [6, 6.07) is 0. The van der Waals surface area contributed by atoms with Crippen LogP contribution < -0.4 is 0 Å². The van der Waals surface area contributed by atoms with E-state index in [1.807, 2.05) is 12.5 Å². The molecule has 1 aliphatic rings. The third-order valence-corrected chi connectivity index (χ3v) is 1.47. The van der Waals surface area contributed by atoms with Gasteiger partial charge in [-0.3, -0.25) is 4.48 Å². The monoisotopic (exact) mass is 111 g/mol. The summed E-state index contributed by atoms with van der Waals surface area (Å²) in [7, 11) is 2.09. The Hall–Kier alpha value is -0.630. The van der Waals surface area contributed by atoms with Gasteiger partial charge in [0.2, 0.25) is 0 Å². The number of aliphatic imine (C=N–C) groups is 1. The molecule has 0 radical (unpaired) electrons. The van der Waals surface area contributed by atoms with Gasteiger partial charge in [0.05, 0.1) is 19.8 Å². The van der Waals surface area contributed by atoms with E-state index in [0.29, 0.717) is 0 Å². The van der Waals surface area contributed by atoms with E-state index >= 15 is 0 Å². The van der Waals surface area contributed by atoms with Gasteiger partial charge in [0.1, 0.15) is 6.54 Å². The van der Waals surface area contributed by atoms with Crippen LogP contribution in [0.3, 0.4) is 0 Å². The standard InChI is InChI=1S/C6H11N2/c1-3-8(2)5-4-7-6-8/h3,6H,1,4-5H2,2H3/q+1. The molecule has 1 atom stereocenters. The SMILES string of the molecule is C=C[N+]1(C)C=NCC1. The predicted molar refractivity (Wildman–Crippen MR) is 34.6 cm³/mol. The van der Waals surface area contributed by atoms with Crippen LogP contribution in [0, 0.1) is 0 Å². The second kappa shape index (κ2) is 1.71. The van der Waals surface area contributed by atoms with Crippen LogP contribution in [0.25, 0.3) is 0 Å². The molecule has 8 heavy (non-hydrogen) atoms. The quantitative estimate of drug-likeness (QED) is 0.440. The van der Waals surface area contributed by atoms with E-state index in [1.165, 1.54) is 0 Å². The number of quaternary nitrogens is 1. The Kier molecular flexibility index (Phi) is 1.18. The van der Waals surface area contributed by atoms with E-state index in [2.05, 4.69) is 18.6 Å². The van der Waals surface area contributed by atoms with Gasteiger partial charge in [-0.15, -0.1) is 0 Å². The predicted octanol–water partition coefficient (Wildman–Crippen LogP) is 0.618. The summed E-state index contributed by atoms with van der Waals surface area (Å²) < 4.78 is 0.792. The van der Waals surface area contributed by atoms with Crippen molar-refractivity contribution in [1.82, 2.24) is 0 Å². The normalized spacial score (nSPS) is 35.6. The van der Waals surface area contributed by atoms with Crippen molar-refractivity contribution in [3.8, 4) is 0 Å². The first kappa shape index (κ1) is 5.51. The molecule has 0 aromatic heterocycles. The molecule has 2 nitrogen and oxygen atoms in total. The Morgan fingerprint density at radius 3 is 2.88 bits per heavy atom. The van der Waals surface area contributed by atoms with Gasteiger partial charge in [0.25, 0.3) is 0 Å². The fourth-order valence-electron chi connectivity index (χ4n) is 0.714. The fraction of sp³-hybridized carbons (Fsp3) is 0.500. The van der Waals surface area contributed by atoms with Crippen LogP contribution in [0.2, 0.25) is 0 Å². The molecule has 0 aromatic carbocycles. The minimum atomic E-state index is 0.792. The third-order valence-electron chi connectivity index (χ3n) is 1.47. The van der Waals surface area contributed by atoms with Gasteiger partial charge >= 0.3 is 0 Å². The van der Waals surface area contributed by atoms with Gasteiger partial charge in [-0.1, -0.05) is 0 Å². The number of rotatable bonds is 1. The summed E-state index contributed by atoms with van der Waals surface area (Å²) in [4.78, 5) is 4.08. The van der Waals surface area contributed by atoms with E-state index in [9.17, 15) is 0 Å².